The van der Waals surface area contributed by atoms with Gasteiger partial charge in [0, 0.05) is 38.3 Å². The van der Waals surface area contributed by atoms with Crippen molar-refractivity contribution >= 4 is 5.91 Å². The summed E-state index contributed by atoms with van der Waals surface area (Å²) in [7, 11) is 0. The number of carbonyl (C=O) groups is 1. The van der Waals surface area contributed by atoms with Crippen LogP contribution in [-0.4, -0.2) is 60.5 Å². The Labute approximate surface area is 110 Å². The molecule has 3 atom stereocenters. The zero-order valence-electron chi connectivity index (χ0n) is 11.4. The molecular weight excluding hydrogens is 226 g/mol. The summed E-state index contributed by atoms with van der Waals surface area (Å²) in [6.07, 6.45) is 4.80. The lowest BCUT2D eigenvalue weighted by molar-refractivity contribution is -0.138. The van der Waals surface area contributed by atoms with Gasteiger partial charge in [-0.3, -0.25) is 9.69 Å². The van der Waals surface area contributed by atoms with Gasteiger partial charge in [-0.25, -0.2) is 0 Å². The van der Waals surface area contributed by atoms with Crippen molar-refractivity contribution in [1.29, 1.82) is 0 Å². The minimum Gasteiger partial charge on any atom is -0.340 e. The van der Waals surface area contributed by atoms with E-state index in [4.69, 9.17) is 0 Å². The number of piperidine rings is 1. The second-order valence-corrected chi connectivity index (χ2v) is 6.20. The van der Waals surface area contributed by atoms with E-state index in [2.05, 4.69) is 22.0 Å². The highest BCUT2D eigenvalue weighted by Gasteiger charge is 2.35. The molecule has 102 valence electrons. The van der Waals surface area contributed by atoms with E-state index in [1.54, 1.807) is 0 Å². The molecule has 3 heterocycles. The van der Waals surface area contributed by atoms with Crippen LogP contribution >= 0.6 is 0 Å². The van der Waals surface area contributed by atoms with Crippen molar-refractivity contribution in [1.82, 2.24) is 15.1 Å². The topological polar surface area (TPSA) is 35.6 Å². The third-order valence-corrected chi connectivity index (χ3v) is 4.91. The Kier molecular flexibility index (Phi) is 3.57. The van der Waals surface area contributed by atoms with Gasteiger partial charge in [0.15, 0.2) is 0 Å². The van der Waals surface area contributed by atoms with Gasteiger partial charge in [0.1, 0.15) is 0 Å². The van der Waals surface area contributed by atoms with Crippen molar-refractivity contribution in [3.8, 4) is 0 Å². The quantitative estimate of drug-likeness (QED) is 0.744. The maximum Gasteiger partial charge on any atom is 0.227 e. The van der Waals surface area contributed by atoms with E-state index >= 15 is 0 Å². The van der Waals surface area contributed by atoms with Gasteiger partial charge >= 0.3 is 0 Å². The number of fused-ring (bicyclic) bond motifs is 1. The highest BCUT2D eigenvalue weighted by Crippen LogP contribution is 2.24. The van der Waals surface area contributed by atoms with Crippen LogP contribution in [0.5, 0.6) is 0 Å². The third-order valence-electron chi connectivity index (χ3n) is 4.91. The highest BCUT2D eigenvalue weighted by atomic mass is 16.2. The molecule has 0 aromatic carbocycles. The van der Waals surface area contributed by atoms with Gasteiger partial charge in [-0.05, 0) is 39.2 Å². The summed E-state index contributed by atoms with van der Waals surface area (Å²) >= 11 is 0. The summed E-state index contributed by atoms with van der Waals surface area (Å²) in [5.74, 6) is 0.634. The third kappa shape index (κ3) is 2.41. The van der Waals surface area contributed by atoms with Crippen LogP contribution in [0.2, 0.25) is 0 Å². The number of hydrogen-bond acceptors (Lipinski definition) is 3. The molecule has 3 aliphatic rings. The summed E-state index contributed by atoms with van der Waals surface area (Å²) in [6, 6.07) is 1.24. The fraction of sp³-hybridized carbons (Fsp3) is 0.929. The first-order valence-electron chi connectivity index (χ1n) is 7.50. The summed E-state index contributed by atoms with van der Waals surface area (Å²) in [5, 5.41) is 3.44. The van der Waals surface area contributed by atoms with Crippen LogP contribution in [0.3, 0.4) is 0 Å². The molecule has 3 rings (SSSR count). The van der Waals surface area contributed by atoms with E-state index in [9.17, 15) is 4.79 Å². The van der Waals surface area contributed by atoms with Crippen LogP contribution in [0.1, 0.15) is 32.6 Å². The van der Waals surface area contributed by atoms with E-state index in [1.807, 2.05) is 0 Å². The normalized spacial score (nSPS) is 37.6. The number of amides is 1. The Bertz CT molecular complexity index is 312. The number of hydrogen-bond donors (Lipinski definition) is 1. The highest BCUT2D eigenvalue weighted by molar-refractivity contribution is 5.79. The van der Waals surface area contributed by atoms with Gasteiger partial charge in [0.25, 0.3) is 0 Å². The van der Waals surface area contributed by atoms with Crippen molar-refractivity contribution in [2.75, 3.05) is 32.7 Å². The van der Waals surface area contributed by atoms with Gasteiger partial charge in [0.2, 0.25) is 5.91 Å². The van der Waals surface area contributed by atoms with Crippen LogP contribution in [0.4, 0.5) is 0 Å². The average Bonchev–Trinajstić information content (AvgIpc) is 2.86. The first-order chi connectivity index (χ1) is 8.74. The predicted molar refractivity (Wildman–Crippen MR) is 71.4 cm³/mol. The second kappa shape index (κ2) is 5.17. The monoisotopic (exact) mass is 251 g/mol. The molecule has 0 radical (unpaired) electrons. The van der Waals surface area contributed by atoms with Crippen LogP contribution in [-0.2, 0) is 4.79 Å². The number of nitrogens with one attached hydrogen (secondary N) is 1. The Morgan fingerprint density at radius 3 is 2.83 bits per heavy atom. The van der Waals surface area contributed by atoms with Gasteiger partial charge in [-0.15, -0.1) is 0 Å². The van der Waals surface area contributed by atoms with Crippen LogP contribution in [0.25, 0.3) is 0 Å². The summed E-state index contributed by atoms with van der Waals surface area (Å²) < 4.78 is 0. The second-order valence-electron chi connectivity index (χ2n) is 6.20. The van der Waals surface area contributed by atoms with E-state index in [0.717, 1.165) is 39.0 Å². The standard InChI is InChI=1S/C14H25N3O/c1-11-4-5-12(9-15-11)14(18)17-8-7-16-6-2-3-13(16)10-17/h11-13,15H,2-10H2,1H3. The molecule has 3 fully saturated rings. The van der Waals surface area contributed by atoms with Crippen LogP contribution in [0, 0.1) is 5.92 Å². The van der Waals surface area contributed by atoms with Crippen LogP contribution in [0.15, 0.2) is 0 Å². The molecule has 1 N–H and O–H groups in total. The number of nitrogens with zero attached hydrogens (tertiary/aromatic N) is 2. The Balaban J connectivity index is 1.56. The van der Waals surface area contributed by atoms with Gasteiger partial charge in [0.05, 0.1) is 5.92 Å². The largest absolute Gasteiger partial charge is 0.340 e. The Morgan fingerprint density at radius 2 is 2.06 bits per heavy atom. The lowest BCUT2D eigenvalue weighted by atomic mass is 9.93. The number of piperazine rings is 1. The Hall–Kier alpha value is -0.610. The molecule has 18 heavy (non-hydrogen) atoms. The maximum absolute atomic E-state index is 12.5. The SMILES string of the molecule is CC1CCC(C(=O)N2CCN3CCCC3C2)CN1. The first kappa shape index (κ1) is 12.4. The molecule has 0 aliphatic carbocycles. The molecule has 0 aromatic heterocycles. The van der Waals surface area contributed by atoms with E-state index in [1.165, 1.54) is 19.4 Å². The molecule has 0 saturated carbocycles. The zero-order valence-corrected chi connectivity index (χ0v) is 11.4. The zero-order chi connectivity index (χ0) is 12.5. The molecule has 4 heteroatoms. The molecular formula is C14H25N3O. The summed E-state index contributed by atoms with van der Waals surface area (Å²) in [4.78, 5) is 17.2. The number of carbonyl (C=O) groups excluding carboxylic acids is 1. The Morgan fingerprint density at radius 1 is 1.17 bits per heavy atom. The molecule has 3 aliphatic heterocycles. The van der Waals surface area contributed by atoms with Crippen LogP contribution < -0.4 is 5.32 Å². The van der Waals surface area contributed by atoms with Crippen molar-refractivity contribution in [3.63, 3.8) is 0 Å². The van der Waals surface area contributed by atoms with Gasteiger partial charge in [-0.2, -0.15) is 0 Å². The van der Waals surface area contributed by atoms with Gasteiger partial charge in [-0.1, -0.05) is 0 Å². The van der Waals surface area contributed by atoms with E-state index < -0.39 is 0 Å². The van der Waals surface area contributed by atoms with Crippen molar-refractivity contribution in [2.45, 2.75) is 44.7 Å². The predicted octanol–water partition coefficient (Wildman–Crippen LogP) is 0.681. The lowest BCUT2D eigenvalue weighted by Gasteiger charge is -2.40. The maximum atomic E-state index is 12.5. The average molecular weight is 251 g/mol. The summed E-state index contributed by atoms with van der Waals surface area (Å²) in [5.41, 5.74) is 0. The fourth-order valence-corrected chi connectivity index (χ4v) is 3.66. The fourth-order valence-electron chi connectivity index (χ4n) is 3.66. The van der Waals surface area contributed by atoms with Gasteiger partial charge < -0.3 is 10.2 Å². The molecule has 0 aromatic rings. The smallest absolute Gasteiger partial charge is 0.227 e. The van der Waals surface area contributed by atoms with E-state index in [-0.39, 0.29) is 5.92 Å². The number of rotatable bonds is 1. The molecule has 3 saturated heterocycles. The van der Waals surface area contributed by atoms with Crippen molar-refractivity contribution in [2.24, 2.45) is 5.92 Å². The molecule has 1 amide bonds. The molecule has 0 bridgehead atoms. The molecule has 0 spiro atoms. The molecule has 3 unspecified atom stereocenters. The van der Waals surface area contributed by atoms with Crippen molar-refractivity contribution in [3.05, 3.63) is 0 Å². The minimum absolute atomic E-state index is 0.231. The lowest BCUT2D eigenvalue weighted by Crippen LogP contribution is -2.55. The summed E-state index contributed by atoms with van der Waals surface area (Å²) in [6.45, 7) is 7.34. The van der Waals surface area contributed by atoms with E-state index in [0.29, 0.717) is 18.0 Å². The molecule has 4 nitrogen and oxygen atoms in total. The minimum atomic E-state index is 0.231. The van der Waals surface area contributed by atoms with Crippen molar-refractivity contribution < 1.29 is 4.79 Å². The first-order valence-corrected chi connectivity index (χ1v) is 7.50.